The molecule has 0 saturated heterocycles. The molecule has 3 atom stereocenters. The quantitative estimate of drug-likeness (QED) is 0.372. The highest BCUT2D eigenvalue weighted by molar-refractivity contribution is 6.39. The fourth-order valence-electron chi connectivity index (χ4n) is 5.41. The second-order valence-corrected chi connectivity index (χ2v) is 9.43. The summed E-state index contributed by atoms with van der Waals surface area (Å²) in [5.74, 6) is -0.121. The third kappa shape index (κ3) is 2.87. The van der Waals surface area contributed by atoms with Gasteiger partial charge in [-0.3, -0.25) is 4.79 Å². The molecule has 148 valence electrons. The molecule has 0 unspecified atom stereocenters. The van der Waals surface area contributed by atoms with Crippen LogP contribution in [0.1, 0.15) is 76.0 Å². The molecule has 1 aromatic carbocycles. The van der Waals surface area contributed by atoms with Crippen molar-refractivity contribution < 1.29 is 14.7 Å². The second kappa shape index (κ2) is 6.97. The number of methoxy groups -OCH3 is 1. The molecule has 1 N–H and O–H groups in total. The van der Waals surface area contributed by atoms with Gasteiger partial charge in [0.15, 0.2) is 0 Å². The Hall–Kier alpha value is -1.26. The van der Waals surface area contributed by atoms with Crippen LogP contribution in [-0.2, 0) is 14.9 Å². The van der Waals surface area contributed by atoms with Crippen molar-refractivity contribution in [3.8, 4) is 0 Å². The fraction of sp³-hybridized carbons (Fsp3) is 0.619. The van der Waals surface area contributed by atoms with Gasteiger partial charge in [0.25, 0.3) is 0 Å². The summed E-state index contributed by atoms with van der Waals surface area (Å²) in [5, 5.41) is 14.6. The van der Waals surface area contributed by atoms with Crippen molar-refractivity contribution in [2.45, 2.75) is 64.7 Å². The zero-order valence-corrected chi connectivity index (χ0v) is 18.0. The lowest BCUT2D eigenvalue weighted by Gasteiger charge is -2.54. The van der Waals surface area contributed by atoms with Crippen molar-refractivity contribution in [1.82, 2.24) is 0 Å². The first kappa shape index (κ1) is 20.5. The first-order chi connectivity index (χ1) is 12.6. The Balaban J connectivity index is 2.30. The van der Waals surface area contributed by atoms with Gasteiger partial charge in [0.1, 0.15) is 0 Å². The highest BCUT2D eigenvalue weighted by Gasteiger charge is 2.57. The molecule has 0 aromatic heterocycles. The van der Waals surface area contributed by atoms with Crippen molar-refractivity contribution >= 4 is 34.9 Å². The maximum absolute atomic E-state index is 12.7. The van der Waals surface area contributed by atoms with Gasteiger partial charge in [-0.25, -0.2) is 0 Å². The Labute approximate surface area is 170 Å². The number of esters is 1. The summed E-state index contributed by atoms with van der Waals surface area (Å²) in [6.07, 6.45) is 3.05. The van der Waals surface area contributed by atoms with Gasteiger partial charge in [0.2, 0.25) is 0 Å². The van der Waals surface area contributed by atoms with Gasteiger partial charge >= 0.3 is 5.97 Å². The third-order valence-electron chi connectivity index (χ3n) is 6.84. The summed E-state index contributed by atoms with van der Waals surface area (Å²) in [4.78, 5) is 12.7. The van der Waals surface area contributed by atoms with E-state index in [1.165, 1.54) is 7.11 Å². The van der Waals surface area contributed by atoms with Crippen LogP contribution in [0.2, 0.25) is 10.0 Å². The fourth-order valence-corrected chi connectivity index (χ4v) is 6.41. The maximum Gasteiger partial charge on any atom is 0.311 e. The second-order valence-electron chi connectivity index (χ2n) is 8.65. The summed E-state index contributed by atoms with van der Waals surface area (Å²) in [5.41, 5.74) is 2.19. The number of oxime groups is 1. The average molecular weight is 412 g/mol. The van der Waals surface area contributed by atoms with Crippen molar-refractivity contribution in [2.75, 3.05) is 7.11 Å². The predicted molar refractivity (Wildman–Crippen MR) is 108 cm³/mol. The van der Waals surface area contributed by atoms with Crippen LogP contribution in [0.5, 0.6) is 0 Å². The lowest BCUT2D eigenvalue weighted by atomic mass is 9.49. The lowest BCUT2D eigenvalue weighted by Crippen LogP contribution is -2.54. The molecule has 0 amide bonds. The molecule has 0 spiro atoms. The predicted octanol–water partition coefficient (Wildman–Crippen LogP) is 5.94. The molecule has 6 heteroatoms. The van der Waals surface area contributed by atoms with Crippen molar-refractivity contribution in [3.63, 3.8) is 0 Å². The van der Waals surface area contributed by atoms with Gasteiger partial charge in [-0.1, -0.05) is 55.5 Å². The van der Waals surface area contributed by atoms with Gasteiger partial charge in [0, 0.05) is 10.6 Å². The van der Waals surface area contributed by atoms with E-state index in [-0.39, 0.29) is 23.2 Å². The maximum atomic E-state index is 12.7. The van der Waals surface area contributed by atoms with Crippen LogP contribution >= 0.6 is 23.2 Å². The first-order valence-electron chi connectivity index (χ1n) is 9.44. The Morgan fingerprint density at radius 2 is 2.00 bits per heavy atom. The van der Waals surface area contributed by atoms with Gasteiger partial charge in [-0.15, -0.1) is 0 Å². The van der Waals surface area contributed by atoms with E-state index < -0.39 is 5.41 Å². The molecule has 4 nitrogen and oxygen atoms in total. The summed E-state index contributed by atoms with van der Waals surface area (Å²) < 4.78 is 5.15. The molecule has 0 bridgehead atoms. The largest absolute Gasteiger partial charge is 0.469 e. The van der Waals surface area contributed by atoms with Gasteiger partial charge in [0.05, 0.1) is 23.3 Å². The minimum atomic E-state index is -0.648. The number of hydrogen-bond donors (Lipinski definition) is 1. The highest BCUT2D eigenvalue weighted by atomic mass is 35.5. The van der Waals surface area contributed by atoms with E-state index in [1.807, 2.05) is 26.8 Å². The van der Waals surface area contributed by atoms with E-state index in [0.29, 0.717) is 22.2 Å². The van der Waals surface area contributed by atoms with Crippen LogP contribution in [0, 0.1) is 11.3 Å². The number of halogens is 2. The number of nitrogens with zero attached hydrogens (tertiary/aromatic N) is 1. The van der Waals surface area contributed by atoms with E-state index in [1.54, 1.807) is 0 Å². The van der Waals surface area contributed by atoms with Crippen LogP contribution in [0.4, 0.5) is 0 Å². The number of fused-ring (bicyclic) bond motifs is 3. The standard InChI is InChI=1S/C21H27Cl2NO3/c1-11(2)16-13(22)9-12-17(18(16)23)14(24-26)10-15-20(12,3)7-6-8-21(15,4)19(25)27-5/h9,11,15,26H,6-8,10H2,1-5H3/b24-14+/t15-,20-,21-/m1/s1. The number of carbonyl (C=O) groups is 1. The molecule has 1 fully saturated rings. The molecule has 0 heterocycles. The summed E-state index contributed by atoms with van der Waals surface area (Å²) in [6, 6.07) is 1.97. The Kier molecular flexibility index (Phi) is 5.28. The average Bonchev–Trinajstić information content (AvgIpc) is 2.60. The van der Waals surface area contributed by atoms with E-state index in [2.05, 4.69) is 12.1 Å². The third-order valence-corrected chi connectivity index (χ3v) is 7.54. The monoisotopic (exact) mass is 411 g/mol. The molecule has 0 radical (unpaired) electrons. The lowest BCUT2D eigenvalue weighted by molar-refractivity contribution is -0.160. The van der Waals surface area contributed by atoms with Crippen LogP contribution in [-0.4, -0.2) is 24.0 Å². The van der Waals surface area contributed by atoms with Crippen LogP contribution in [0.25, 0.3) is 0 Å². The van der Waals surface area contributed by atoms with E-state index in [4.69, 9.17) is 27.9 Å². The van der Waals surface area contributed by atoms with Crippen LogP contribution < -0.4 is 0 Å². The molecule has 0 aliphatic heterocycles. The van der Waals surface area contributed by atoms with Gasteiger partial charge < -0.3 is 9.94 Å². The topological polar surface area (TPSA) is 58.9 Å². The zero-order chi connectivity index (χ0) is 20.1. The SMILES string of the molecule is COC(=O)[C@]1(C)CCC[C@]2(C)c3cc(Cl)c(C(C)C)c(Cl)c3/C(=N/O)C[C@@H]12. The number of rotatable bonds is 2. The molecule has 3 rings (SSSR count). The van der Waals surface area contributed by atoms with Gasteiger partial charge in [-0.05, 0) is 60.6 Å². The number of hydrogen-bond acceptors (Lipinski definition) is 4. The summed E-state index contributed by atoms with van der Waals surface area (Å²) >= 11 is 13.4. The van der Waals surface area contributed by atoms with Crippen molar-refractivity contribution in [2.24, 2.45) is 16.5 Å². The van der Waals surface area contributed by atoms with Gasteiger partial charge in [-0.2, -0.15) is 0 Å². The molecule has 2 aliphatic rings. The molecular weight excluding hydrogens is 385 g/mol. The molecule has 1 aromatic rings. The molecular formula is C21H27Cl2NO3. The Morgan fingerprint density at radius 3 is 2.56 bits per heavy atom. The van der Waals surface area contributed by atoms with E-state index in [9.17, 15) is 10.0 Å². The highest BCUT2D eigenvalue weighted by Crippen LogP contribution is 2.59. The number of carbonyl (C=O) groups excluding carboxylic acids is 1. The van der Waals surface area contributed by atoms with Crippen molar-refractivity contribution in [3.05, 3.63) is 32.8 Å². The Bertz CT molecular complexity index is 820. The van der Waals surface area contributed by atoms with Crippen LogP contribution in [0.3, 0.4) is 0 Å². The summed E-state index contributed by atoms with van der Waals surface area (Å²) in [7, 11) is 1.43. The normalized spacial score (nSPS) is 31.6. The smallest absolute Gasteiger partial charge is 0.311 e. The number of ether oxygens (including phenoxy) is 1. The number of benzene rings is 1. The van der Waals surface area contributed by atoms with Crippen molar-refractivity contribution in [1.29, 1.82) is 0 Å². The molecule has 27 heavy (non-hydrogen) atoms. The molecule has 2 aliphatic carbocycles. The first-order valence-corrected chi connectivity index (χ1v) is 10.2. The van der Waals surface area contributed by atoms with Crippen LogP contribution in [0.15, 0.2) is 11.2 Å². The zero-order valence-electron chi connectivity index (χ0n) is 16.5. The minimum absolute atomic E-state index is 0.0540. The Morgan fingerprint density at radius 1 is 1.33 bits per heavy atom. The molecule has 1 saturated carbocycles. The van der Waals surface area contributed by atoms with E-state index >= 15 is 0 Å². The van der Waals surface area contributed by atoms with E-state index in [0.717, 1.165) is 36.0 Å². The minimum Gasteiger partial charge on any atom is -0.469 e. The summed E-state index contributed by atoms with van der Waals surface area (Å²) in [6.45, 7) is 8.22.